The first-order valence-corrected chi connectivity index (χ1v) is 8.15. The van der Waals surface area contributed by atoms with Gasteiger partial charge in [0, 0.05) is 12.1 Å². The summed E-state index contributed by atoms with van der Waals surface area (Å²) in [6.45, 7) is 5.04. The number of benzene rings is 1. The van der Waals surface area contributed by atoms with Crippen LogP contribution in [0.25, 0.3) is 0 Å². The van der Waals surface area contributed by atoms with Crippen LogP contribution in [0.1, 0.15) is 30.4 Å². The fourth-order valence-electron chi connectivity index (χ4n) is 3.46. The Morgan fingerprint density at radius 1 is 1.25 bits per heavy atom. The average molecular weight is 399 g/mol. The van der Waals surface area contributed by atoms with Crippen molar-refractivity contribution in [2.45, 2.75) is 39.2 Å². The molecule has 0 aliphatic carbocycles. The molecule has 1 aromatic carbocycles. The van der Waals surface area contributed by atoms with Gasteiger partial charge in [-0.25, -0.2) is 4.79 Å². The van der Waals surface area contributed by atoms with E-state index >= 15 is 0 Å². The van der Waals surface area contributed by atoms with Gasteiger partial charge in [0.2, 0.25) is 0 Å². The van der Waals surface area contributed by atoms with Crippen LogP contribution < -0.4 is 22.3 Å². The number of likely N-dealkylation sites (tertiary alicyclic amines) is 1. The van der Waals surface area contributed by atoms with Gasteiger partial charge in [-0.15, -0.1) is 0 Å². The summed E-state index contributed by atoms with van der Waals surface area (Å²) in [6.07, 6.45) is 2.84. The second-order valence-corrected chi connectivity index (χ2v) is 6.70. The number of hydrogen-bond acceptors (Lipinski definition) is 3. The Labute approximate surface area is 154 Å². The molecule has 1 saturated heterocycles. The van der Waals surface area contributed by atoms with Crippen molar-refractivity contribution in [2.75, 3.05) is 32.6 Å². The summed E-state index contributed by atoms with van der Waals surface area (Å²) >= 11 is 0. The molecule has 0 aromatic heterocycles. The van der Waals surface area contributed by atoms with Crippen molar-refractivity contribution in [3.05, 3.63) is 29.3 Å². The number of nitrogens with one attached hydrogen (secondary N) is 1. The number of amides is 1. The molecule has 1 aromatic rings. The number of methoxy groups -OCH3 is 1. The second-order valence-electron chi connectivity index (χ2n) is 6.70. The van der Waals surface area contributed by atoms with Crippen LogP contribution in [0.5, 0.6) is 0 Å². The zero-order chi connectivity index (χ0) is 17.0. The molecule has 2 atom stereocenters. The summed E-state index contributed by atoms with van der Waals surface area (Å²) in [6, 6.07) is 5.75. The highest BCUT2D eigenvalue weighted by atomic mass is 79.9. The van der Waals surface area contributed by atoms with Gasteiger partial charge in [-0.2, -0.15) is 0 Å². The number of halogens is 1. The number of nitrogens with zero attached hydrogens (tertiary/aromatic N) is 1. The molecule has 6 heteroatoms. The van der Waals surface area contributed by atoms with Crippen LogP contribution in [0.2, 0.25) is 0 Å². The predicted octanol–water partition coefficient (Wildman–Crippen LogP) is -0.582. The van der Waals surface area contributed by atoms with E-state index in [1.54, 1.807) is 0 Å². The molecule has 0 radical (unpaired) electrons. The number of carbonyl (C=O) groups is 2. The first kappa shape index (κ1) is 20.6. The van der Waals surface area contributed by atoms with E-state index < -0.39 is 0 Å². The van der Waals surface area contributed by atoms with Crippen molar-refractivity contribution in [3.63, 3.8) is 0 Å². The normalized spacial score (nSPS) is 23.1. The summed E-state index contributed by atoms with van der Waals surface area (Å²) in [4.78, 5) is 24.6. The molecule has 0 bridgehead atoms. The van der Waals surface area contributed by atoms with Crippen LogP contribution in [0.3, 0.4) is 0 Å². The van der Waals surface area contributed by atoms with E-state index in [4.69, 9.17) is 4.74 Å². The van der Waals surface area contributed by atoms with E-state index in [0.717, 1.165) is 42.6 Å². The third kappa shape index (κ3) is 4.57. The van der Waals surface area contributed by atoms with Gasteiger partial charge in [-0.05, 0) is 37.8 Å². The van der Waals surface area contributed by atoms with E-state index in [-0.39, 0.29) is 41.4 Å². The summed E-state index contributed by atoms with van der Waals surface area (Å²) in [5.74, 6) is -0.271. The number of esters is 1. The molecule has 1 fully saturated rings. The second kappa shape index (κ2) is 8.62. The van der Waals surface area contributed by atoms with E-state index in [9.17, 15) is 9.59 Å². The number of ether oxygens (including phenoxy) is 1. The summed E-state index contributed by atoms with van der Waals surface area (Å²) in [7, 11) is 3.37. The maximum atomic E-state index is 12.9. The lowest BCUT2D eigenvalue weighted by molar-refractivity contribution is -0.922. The van der Waals surface area contributed by atoms with Crippen LogP contribution in [0.15, 0.2) is 18.2 Å². The maximum Gasteiger partial charge on any atom is 0.361 e. The zero-order valence-electron chi connectivity index (χ0n) is 14.9. The Bertz CT molecular complexity index is 586. The monoisotopic (exact) mass is 398 g/mol. The molecule has 24 heavy (non-hydrogen) atoms. The molecule has 2 rings (SSSR count). The number of likely N-dealkylation sites (N-methyl/N-ethyl adjacent to an activating group) is 1. The van der Waals surface area contributed by atoms with Gasteiger partial charge >= 0.3 is 5.97 Å². The van der Waals surface area contributed by atoms with E-state index in [0.29, 0.717) is 4.48 Å². The Kier molecular flexibility index (Phi) is 7.42. The molecule has 134 valence electrons. The van der Waals surface area contributed by atoms with Crippen molar-refractivity contribution in [1.82, 2.24) is 0 Å². The van der Waals surface area contributed by atoms with Gasteiger partial charge in [-0.1, -0.05) is 18.2 Å². The third-order valence-corrected chi connectivity index (χ3v) is 4.90. The minimum atomic E-state index is -0.265. The van der Waals surface area contributed by atoms with Gasteiger partial charge in [0.15, 0.2) is 12.6 Å². The SMILES string of the molecule is COC(=O)C[N+]1(C)CCCCC1C(=O)Nc1c(C)cccc1C.[Br-]. The number of para-hydroxylation sites is 1. The molecular weight excluding hydrogens is 372 g/mol. The Morgan fingerprint density at radius 3 is 2.46 bits per heavy atom. The molecule has 5 nitrogen and oxygen atoms in total. The van der Waals surface area contributed by atoms with E-state index in [2.05, 4.69) is 5.32 Å². The molecule has 2 unspecified atom stereocenters. The average Bonchev–Trinajstić information content (AvgIpc) is 2.50. The van der Waals surface area contributed by atoms with Crippen molar-refractivity contribution < 1.29 is 35.8 Å². The highest BCUT2D eigenvalue weighted by molar-refractivity contribution is 5.95. The quantitative estimate of drug-likeness (QED) is 0.545. The molecule has 1 amide bonds. The third-order valence-electron chi connectivity index (χ3n) is 4.90. The number of carbonyl (C=O) groups excluding carboxylic acids is 2. The lowest BCUT2D eigenvalue weighted by Crippen LogP contribution is -3.00. The molecule has 0 spiro atoms. The number of quaternary nitrogens is 1. The van der Waals surface area contributed by atoms with Crippen molar-refractivity contribution in [1.29, 1.82) is 0 Å². The molecular formula is C18H27BrN2O3. The topological polar surface area (TPSA) is 55.4 Å². The summed E-state index contributed by atoms with van der Waals surface area (Å²) in [5, 5.41) is 3.09. The molecule has 1 aliphatic heterocycles. The van der Waals surface area contributed by atoms with Crippen LogP contribution in [0.4, 0.5) is 5.69 Å². The number of anilines is 1. The lowest BCUT2D eigenvalue weighted by Gasteiger charge is -2.42. The number of piperidine rings is 1. The van der Waals surface area contributed by atoms with Crippen LogP contribution in [-0.4, -0.2) is 49.6 Å². The first-order valence-electron chi connectivity index (χ1n) is 8.15. The maximum absolute atomic E-state index is 12.9. The predicted molar refractivity (Wildman–Crippen MR) is 90.1 cm³/mol. The summed E-state index contributed by atoms with van der Waals surface area (Å²) < 4.78 is 5.24. The lowest BCUT2D eigenvalue weighted by atomic mass is 9.97. The largest absolute Gasteiger partial charge is 1.00 e. The van der Waals surface area contributed by atoms with Gasteiger partial charge in [0.05, 0.1) is 20.7 Å². The first-order chi connectivity index (χ1) is 10.9. The Hall–Kier alpha value is -1.40. The van der Waals surface area contributed by atoms with Crippen LogP contribution >= 0.6 is 0 Å². The van der Waals surface area contributed by atoms with Crippen molar-refractivity contribution >= 4 is 17.6 Å². The minimum Gasteiger partial charge on any atom is -1.00 e. The molecule has 1 heterocycles. The number of aryl methyl sites for hydroxylation is 2. The highest BCUT2D eigenvalue weighted by Gasteiger charge is 2.42. The smallest absolute Gasteiger partial charge is 0.361 e. The molecule has 0 saturated carbocycles. The Morgan fingerprint density at radius 2 is 1.88 bits per heavy atom. The number of rotatable bonds is 4. The van der Waals surface area contributed by atoms with Gasteiger partial charge in [0.25, 0.3) is 5.91 Å². The van der Waals surface area contributed by atoms with Crippen molar-refractivity contribution in [2.24, 2.45) is 0 Å². The fourth-order valence-corrected chi connectivity index (χ4v) is 3.46. The Balaban J connectivity index is 0.00000288. The zero-order valence-corrected chi connectivity index (χ0v) is 16.5. The number of hydrogen-bond donors (Lipinski definition) is 1. The van der Waals surface area contributed by atoms with Crippen LogP contribution in [-0.2, 0) is 14.3 Å². The van der Waals surface area contributed by atoms with Gasteiger partial charge in [0.1, 0.15) is 0 Å². The summed E-state index contributed by atoms with van der Waals surface area (Å²) in [5.41, 5.74) is 2.99. The minimum absolute atomic E-state index is 0. The van der Waals surface area contributed by atoms with E-state index in [1.165, 1.54) is 7.11 Å². The standard InChI is InChI=1S/C18H26N2O3.BrH/c1-13-8-7-9-14(2)17(13)19-18(22)15-10-5-6-11-20(15,3)12-16(21)23-4;/h7-9,15H,5-6,10-12H2,1-4H3;1H. The van der Waals surface area contributed by atoms with Gasteiger partial charge < -0.3 is 31.5 Å². The highest BCUT2D eigenvalue weighted by Crippen LogP contribution is 2.27. The van der Waals surface area contributed by atoms with Crippen molar-refractivity contribution in [3.8, 4) is 0 Å². The van der Waals surface area contributed by atoms with E-state index in [1.807, 2.05) is 39.1 Å². The van der Waals surface area contributed by atoms with Gasteiger partial charge in [-0.3, -0.25) is 4.79 Å². The molecule has 1 aliphatic rings. The molecule has 1 N–H and O–H groups in total. The van der Waals surface area contributed by atoms with Crippen LogP contribution in [0, 0.1) is 13.8 Å². The fraction of sp³-hybridized carbons (Fsp3) is 0.556.